The van der Waals surface area contributed by atoms with Crippen LogP contribution in [0.3, 0.4) is 0 Å². The van der Waals surface area contributed by atoms with Crippen molar-refractivity contribution in [1.29, 1.82) is 0 Å². The molecule has 1 aromatic carbocycles. The Balaban J connectivity index is 1.88. The van der Waals surface area contributed by atoms with E-state index in [0.29, 0.717) is 21.6 Å². The maximum atomic E-state index is 12.7. The standard InChI is InChI=1S/C17H16BrN3O2S/c1-10-14(15(18)11(2)23-10)16(22)20-12-6-4-5-7-13(12)24-17-19-8-9-21(17)3/h4-9H,1-3H3,(H,20,22). The fraction of sp³-hybridized carbons (Fsp3) is 0.176. The van der Waals surface area contributed by atoms with Crippen LogP contribution in [0, 0.1) is 13.8 Å². The first-order valence-electron chi connectivity index (χ1n) is 7.28. The number of nitrogens with zero attached hydrogens (tertiary/aromatic N) is 2. The van der Waals surface area contributed by atoms with Crippen molar-refractivity contribution < 1.29 is 9.21 Å². The lowest BCUT2D eigenvalue weighted by atomic mass is 10.2. The smallest absolute Gasteiger partial charge is 0.260 e. The van der Waals surface area contributed by atoms with Crippen LogP contribution in [-0.4, -0.2) is 15.5 Å². The number of nitrogens with one attached hydrogen (secondary N) is 1. The zero-order valence-electron chi connectivity index (χ0n) is 13.5. The van der Waals surface area contributed by atoms with Crippen LogP contribution in [0.4, 0.5) is 5.69 Å². The zero-order valence-corrected chi connectivity index (χ0v) is 15.9. The van der Waals surface area contributed by atoms with Crippen LogP contribution in [0.5, 0.6) is 0 Å². The highest BCUT2D eigenvalue weighted by Gasteiger charge is 2.21. The summed E-state index contributed by atoms with van der Waals surface area (Å²) in [5, 5.41) is 3.82. The van der Waals surface area contributed by atoms with Crippen molar-refractivity contribution in [2.75, 3.05) is 5.32 Å². The first kappa shape index (κ1) is 16.9. The van der Waals surface area contributed by atoms with Crippen molar-refractivity contribution in [3.05, 3.63) is 58.2 Å². The lowest BCUT2D eigenvalue weighted by Gasteiger charge is -2.10. The number of imidazole rings is 1. The second kappa shape index (κ2) is 6.86. The maximum Gasteiger partial charge on any atom is 0.260 e. The summed E-state index contributed by atoms with van der Waals surface area (Å²) in [5.41, 5.74) is 1.25. The summed E-state index contributed by atoms with van der Waals surface area (Å²) in [6.45, 7) is 3.60. The Labute approximate surface area is 152 Å². The van der Waals surface area contributed by atoms with Gasteiger partial charge in [-0.15, -0.1) is 0 Å². The van der Waals surface area contributed by atoms with Crippen LogP contribution >= 0.6 is 27.7 Å². The van der Waals surface area contributed by atoms with Crippen LogP contribution in [0.2, 0.25) is 0 Å². The quantitative estimate of drug-likeness (QED) is 0.677. The molecule has 3 aromatic rings. The van der Waals surface area contributed by atoms with E-state index in [0.717, 1.165) is 15.7 Å². The largest absolute Gasteiger partial charge is 0.465 e. The molecule has 2 heterocycles. The predicted molar refractivity (Wildman–Crippen MR) is 97.6 cm³/mol. The van der Waals surface area contributed by atoms with Gasteiger partial charge in [0, 0.05) is 24.3 Å². The van der Waals surface area contributed by atoms with Crippen molar-refractivity contribution >= 4 is 39.3 Å². The molecule has 0 saturated carbocycles. The first-order chi connectivity index (χ1) is 11.5. The van der Waals surface area contributed by atoms with E-state index in [1.54, 1.807) is 13.1 Å². The summed E-state index contributed by atoms with van der Waals surface area (Å²) in [7, 11) is 1.94. The van der Waals surface area contributed by atoms with Gasteiger partial charge in [0.25, 0.3) is 5.91 Å². The van der Waals surface area contributed by atoms with E-state index in [1.165, 1.54) is 11.8 Å². The molecule has 0 radical (unpaired) electrons. The molecule has 24 heavy (non-hydrogen) atoms. The third kappa shape index (κ3) is 3.27. The minimum absolute atomic E-state index is 0.205. The average Bonchev–Trinajstić information content (AvgIpc) is 3.05. The number of amides is 1. The highest BCUT2D eigenvalue weighted by molar-refractivity contribution is 9.10. The SMILES string of the molecule is Cc1oc(C)c(C(=O)Nc2ccccc2Sc2nccn2C)c1Br. The Morgan fingerprint density at radius 2 is 2.04 bits per heavy atom. The number of hydrogen-bond donors (Lipinski definition) is 1. The van der Waals surface area contributed by atoms with Gasteiger partial charge in [0.2, 0.25) is 0 Å². The van der Waals surface area contributed by atoms with Crippen LogP contribution in [-0.2, 0) is 7.05 Å². The van der Waals surface area contributed by atoms with Gasteiger partial charge in [-0.25, -0.2) is 4.98 Å². The third-order valence-corrected chi connectivity index (χ3v) is 5.63. The minimum atomic E-state index is -0.205. The van der Waals surface area contributed by atoms with Gasteiger partial charge in [-0.1, -0.05) is 12.1 Å². The lowest BCUT2D eigenvalue weighted by molar-refractivity contribution is 0.102. The maximum absolute atomic E-state index is 12.7. The van der Waals surface area contributed by atoms with Gasteiger partial charge in [0.05, 0.1) is 15.7 Å². The molecular weight excluding hydrogens is 390 g/mol. The Morgan fingerprint density at radius 1 is 1.29 bits per heavy atom. The number of aryl methyl sites for hydroxylation is 3. The van der Waals surface area contributed by atoms with E-state index in [4.69, 9.17) is 4.42 Å². The number of carbonyl (C=O) groups is 1. The lowest BCUT2D eigenvalue weighted by Crippen LogP contribution is -2.13. The summed E-state index contributed by atoms with van der Waals surface area (Å²) in [5.74, 6) is 1.07. The molecular formula is C17H16BrN3O2S. The first-order valence-corrected chi connectivity index (χ1v) is 8.89. The fourth-order valence-corrected chi connectivity index (χ4v) is 3.74. The second-order valence-corrected chi connectivity index (χ2v) is 7.08. The van der Waals surface area contributed by atoms with E-state index in [1.807, 2.05) is 49.0 Å². The monoisotopic (exact) mass is 405 g/mol. The Hall–Kier alpha value is -1.99. The number of anilines is 1. The summed E-state index contributed by atoms with van der Waals surface area (Å²) in [4.78, 5) is 17.9. The van der Waals surface area contributed by atoms with Crippen molar-refractivity contribution in [3.8, 4) is 0 Å². The molecule has 0 aliphatic carbocycles. The van der Waals surface area contributed by atoms with E-state index >= 15 is 0 Å². The molecule has 124 valence electrons. The Morgan fingerprint density at radius 3 is 2.67 bits per heavy atom. The molecule has 0 saturated heterocycles. The summed E-state index contributed by atoms with van der Waals surface area (Å²) in [6.07, 6.45) is 3.64. The molecule has 0 spiro atoms. The van der Waals surface area contributed by atoms with Gasteiger partial charge in [0.1, 0.15) is 11.5 Å². The molecule has 1 amide bonds. The second-order valence-electron chi connectivity index (χ2n) is 5.28. The van der Waals surface area contributed by atoms with E-state index in [2.05, 4.69) is 26.2 Å². The van der Waals surface area contributed by atoms with Gasteiger partial charge in [-0.05, 0) is 53.7 Å². The van der Waals surface area contributed by atoms with Gasteiger partial charge in [-0.2, -0.15) is 0 Å². The topological polar surface area (TPSA) is 60.1 Å². The molecule has 0 aliphatic rings. The number of hydrogen-bond acceptors (Lipinski definition) is 4. The summed E-state index contributed by atoms with van der Waals surface area (Å²) >= 11 is 4.92. The van der Waals surface area contributed by atoms with Gasteiger partial charge < -0.3 is 14.3 Å². The molecule has 0 fully saturated rings. The average molecular weight is 406 g/mol. The normalized spacial score (nSPS) is 10.8. The molecule has 5 nitrogen and oxygen atoms in total. The van der Waals surface area contributed by atoms with E-state index < -0.39 is 0 Å². The number of benzene rings is 1. The predicted octanol–water partition coefficient (Wildman–Crippen LogP) is 4.80. The molecule has 7 heteroatoms. The van der Waals surface area contributed by atoms with Gasteiger partial charge in [0.15, 0.2) is 5.16 Å². The molecule has 0 unspecified atom stereocenters. The van der Waals surface area contributed by atoms with E-state index in [9.17, 15) is 4.79 Å². The number of rotatable bonds is 4. The van der Waals surface area contributed by atoms with Crippen molar-refractivity contribution in [1.82, 2.24) is 9.55 Å². The fourth-order valence-electron chi connectivity index (χ4n) is 2.31. The number of halogens is 1. The Kier molecular flexibility index (Phi) is 4.82. The molecule has 0 atom stereocenters. The van der Waals surface area contributed by atoms with E-state index in [-0.39, 0.29) is 5.91 Å². The van der Waals surface area contributed by atoms with Crippen molar-refractivity contribution in [3.63, 3.8) is 0 Å². The third-order valence-electron chi connectivity index (χ3n) is 3.53. The van der Waals surface area contributed by atoms with Crippen molar-refractivity contribution in [2.24, 2.45) is 7.05 Å². The summed E-state index contributed by atoms with van der Waals surface area (Å²) in [6, 6.07) is 7.65. The van der Waals surface area contributed by atoms with Crippen LogP contribution in [0.15, 0.2) is 55.6 Å². The highest BCUT2D eigenvalue weighted by Crippen LogP contribution is 2.33. The molecule has 3 rings (SSSR count). The molecule has 0 bridgehead atoms. The molecule has 1 N–H and O–H groups in total. The number of para-hydroxylation sites is 1. The molecule has 0 aliphatic heterocycles. The van der Waals surface area contributed by atoms with Crippen LogP contribution in [0.25, 0.3) is 0 Å². The minimum Gasteiger partial charge on any atom is -0.465 e. The van der Waals surface area contributed by atoms with Gasteiger partial charge >= 0.3 is 0 Å². The van der Waals surface area contributed by atoms with Crippen LogP contribution in [0.1, 0.15) is 21.9 Å². The van der Waals surface area contributed by atoms with Crippen LogP contribution < -0.4 is 5.32 Å². The highest BCUT2D eigenvalue weighted by atomic mass is 79.9. The van der Waals surface area contributed by atoms with Gasteiger partial charge in [-0.3, -0.25) is 4.79 Å². The number of furan rings is 1. The summed E-state index contributed by atoms with van der Waals surface area (Å²) < 4.78 is 8.13. The number of aromatic nitrogens is 2. The molecule has 2 aromatic heterocycles. The van der Waals surface area contributed by atoms with Crippen molar-refractivity contribution in [2.45, 2.75) is 23.9 Å². The zero-order chi connectivity index (χ0) is 17.3. The Bertz CT molecular complexity index is 901. The number of carbonyl (C=O) groups excluding carboxylic acids is 1.